The molecule has 4 heteroatoms. The van der Waals surface area contributed by atoms with E-state index in [9.17, 15) is 15.0 Å². The molecule has 0 saturated heterocycles. The summed E-state index contributed by atoms with van der Waals surface area (Å²) in [5, 5.41) is 20.3. The van der Waals surface area contributed by atoms with Gasteiger partial charge in [0, 0.05) is 25.7 Å². The minimum Gasteiger partial charge on any atom is -0.462 e. The van der Waals surface area contributed by atoms with Crippen LogP contribution in [0.15, 0.2) is 35.5 Å². The third-order valence-corrected chi connectivity index (χ3v) is 8.69. The van der Waals surface area contributed by atoms with Crippen molar-refractivity contribution in [2.24, 2.45) is 29.1 Å². The van der Waals surface area contributed by atoms with Gasteiger partial charge in [0.15, 0.2) is 5.79 Å². The van der Waals surface area contributed by atoms with Crippen LogP contribution in [0.3, 0.4) is 0 Å². The van der Waals surface area contributed by atoms with E-state index in [2.05, 4.69) is 40.3 Å². The number of hydrogen-bond acceptors (Lipinski definition) is 4. The molecule has 0 amide bonds. The zero-order valence-electron chi connectivity index (χ0n) is 21.5. The molecule has 4 nitrogen and oxygen atoms in total. The van der Waals surface area contributed by atoms with Gasteiger partial charge >= 0.3 is 5.97 Å². The van der Waals surface area contributed by atoms with Gasteiger partial charge in [-0.3, -0.25) is 4.79 Å². The van der Waals surface area contributed by atoms with Crippen molar-refractivity contribution in [2.75, 3.05) is 0 Å². The Hall–Kier alpha value is -1.39. The first-order chi connectivity index (χ1) is 15.4. The summed E-state index contributed by atoms with van der Waals surface area (Å²) >= 11 is 0. The molecule has 0 aromatic heterocycles. The molecule has 3 aliphatic carbocycles. The van der Waals surface area contributed by atoms with Gasteiger partial charge in [-0.15, -0.1) is 0 Å². The van der Waals surface area contributed by atoms with E-state index in [1.54, 1.807) is 0 Å². The third-order valence-electron chi connectivity index (χ3n) is 8.69. The quantitative estimate of drug-likeness (QED) is 0.338. The van der Waals surface area contributed by atoms with Gasteiger partial charge in [-0.1, -0.05) is 76.8 Å². The van der Waals surface area contributed by atoms with E-state index in [0.29, 0.717) is 24.7 Å². The van der Waals surface area contributed by atoms with Gasteiger partial charge in [0.05, 0.1) is 0 Å². The molecule has 1 unspecified atom stereocenters. The van der Waals surface area contributed by atoms with Crippen LogP contribution in [0.4, 0.5) is 0 Å². The number of carbonyl (C=O) groups excluding carboxylic acids is 1. The predicted octanol–water partition coefficient (Wildman–Crippen LogP) is 6.48. The Morgan fingerprint density at radius 1 is 1.18 bits per heavy atom. The molecule has 0 aromatic carbocycles. The summed E-state index contributed by atoms with van der Waals surface area (Å²) in [7, 11) is 0. The highest BCUT2D eigenvalue weighted by Gasteiger charge is 2.56. The predicted molar refractivity (Wildman–Crippen MR) is 133 cm³/mol. The highest BCUT2D eigenvalue weighted by atomic mass is 16.5. The van der Waals surface area contributed by atoms with Crippen molar-refractivity contribution in [1.82, 2.24) is 0 Å². The molecule has 5 atom stereocenters. The molecule has 3 aliphatic rings. The Balaban J connectivity index is 1.87. The Bertz CT molecular complexity index is 789. The van der Waals surface area contributed by atoms with Crippen molar-refractivity contribution >= 4 is 5.97 Å². The van der Waals surface area contributed by atoms with Crippen molar-refractivity contribution in [3.05, 3.63) is 35.5 Å². The van der Waals surface area contributed by atoms with Crippen LogP contribution in [0.5, 0.6) is 0 Å². The van der Waals surface area contributed by atoms with E-state index in [4.69, 9.17) is 4.74 Å². The molecule has 186 valence electrons. The first-order valence-corrected chi connectivity index (χ1v) is 13.1. The molecule has 3 fully saturated rings. The first-order valence-electron chi connectivity index (χ1n) is 13.1. The zero-order chi connectivity index (χ0) is 24.4. The second kappa shape index (κ2) is 10.5. The van der Waals surface area contributed by atoms with Gasteiger partial charge in [0.25, 0.3) is 0 Å². The number of fused-ring (bicyclic) bond motifs is 1. The van der Waals surface area contributed by atoms with Crippen molar-refractivity contribution in [2.45, 2.75) is 111 Å². The van der Waals surface area contributed by atoms with Crippen LogP contribution >= 0.6 is 0 Å². The lowest BCUT2D eigenvalue weighted by atomic mass is 9.60. The van der Waals surface area contributed by atoms with E-state index >= 15 is 0 Å². The van der Waals surface area contributed by atoms with Crippen molar-refractivity contribution < 1.29 is 19.7 Å². The monoisotopic (exact) mass is 458 g/mol. The molecule has 2 N–H and O–H groups in total. The maximum absolute atomic E-state index is 12.0. The molecule has 3 saturated carbocycles. The fourth-order valence-electron chi connectivity index (χ4n) is 7.01. The first kappa shape index (κ1) is 26.2. The minimum absolute atomic E-state index is 0.0701. The van der Waals surface area contributed by atoms with Crippen LogP contribution in [0.25, 0.3) is 0 Å². The molecule has 0 radical (unpaired) electrons. The van der Waals surface area contributed by atoms with Crippen LogP contribution in [0, 0.1) is 29.1 Å². The third kappa shape index (κ3) is 6.19. The van der Waals surface area contributed by atoms with Crippen LogP contribution < -0.4 is 0 Å². The number of rotatable bonds is 7. The highest BCUT2D eigenvalue weighted by molar-refractivity contribution is 5.66. The summed E-state index contributed by atoms with van der Waals surface area (Å²) in [5.74, 6) is 0.288. The Morgan fingerprint density at radius 3 is 2.58 bits per heavy atom. The number of hydrogen-bond donors (Lipinski definition) is 2. The number of aliphatic hydroxyl groups is 2. The number of carbonyl (C=O) groups is 1. The summed E-state index contributed by atoms with van der Waals surface area (Å²) < 4.78 is 5.95. The Labute approximate surface area is 201 Å². The lowest BCUT2D eigenvalue weighted by molar-refractivity contribution is -0.167. The Morgan fingerprint density at radius 2 is 1.91 bits per heavy atom. The number of ether oxygens (including phenoxy) is 1. The molecule has 0 aromatic rings. The SMILES string of the molecule is C=C1CCC(O)(O)C/C1=C/C=C1\CCC[C@@]2(C)[C@H]1C(OC(C)=O)C[C@@H]2[C@H](C)CCCC(C)C. The van der Waals surface area contributed by atoms with Crippen LogP contribution in [-0.4, -0.2) is 28.1 Å². The lowest BCUT2D eigenvalue weighted by Gasteiger charge is -2.44. The topological polar surface area (TPSA) is 66.8 Å². The van der Waals surface area contributed by atoms with Crippen molar-refractivity contribution in [3.63, 3.8) is 0 Å². The molecule has 0 spiro atoms. The zero-order valence-corrected chi connectivity index (χ0v) is 21.5. The fourth-order valence-corrected chi connectivity index (χ4v) is 7.01. The second-order valence-electron chi connectivity index (χ2n) is 11.8. The fraction of sp³-hybridized carbons (Fsp3) is 0.759. The van der Waals surface area contributed by atoms with Gasteiger partial charge in [-0.25, -0.2) is 0 Å². The maximum atomic E-state index is 12.0. The van der Waals surface area contributed by atoms with Crippen molar-refractivity contribution in [1.29, 1.82) is 0 Å². The van der Waals surface area contributed by atoms with Crippen molar-refractivity contribution in [3.8, 4) is 0 Å². The van der Waals surface area contributed by atoms with E-state index in [0.717, 1.165) is 36.3 Å². The minimum atomic E-state index is -1.64. The average molecular weight is 459 g/mol. The van der Waals surface area contributed by atoms with Gasteiger partial charge in [0.2, 0.25) is 0 Å². The lowest BCUT2D eigenvalue weighted by Crippen LogP contribution is -2.38. The molecule has 3 rings (SSSR count). The van der Waals surface area contributed by atoms with Crippen LogP contribution in [0.2, 0.25) is 0 Å². The van der Waals surface area contributed by atoms with Crippen LogP contribution in [0.1, 0.15) is 98.8 Å². The van der Waals surface area contributed by atoms with E-state index < -0.39 is 5.79 Å². The second-order valence-corrected chi connectivity index (χ2v) is 11.8. The summed E-state index contributed by atoms with van der Waals surface area (Å²) in [5.41, 5.74) is 3.39. The standard InChI is InChI=1S/C29H46O4/c1-19(2)9-7-10-21(4)25-17-26(33-22(5)30)27-23(11-8-15-28(25,27)6)12-13-24-18-29(31,32)16-14-20(24)3/h12-13,19,21,25-27,31-32H,3,7-11,14-18H2,1-2,4-6H3/b23-12+,24-13-/t21-,25-,26?,27-,28-/m1/s1. The molecule has 0 bridgehead atoms. The summed E-state index contributed by atoms with van der Waals surface area (Å²) in [6, 6.07) is 0. The molecule has 33 heavy (non-hydrogen) atoms. The highest BCUT2D eigenvalue weighted by Crippen LogP contribution is 2.60. The summed E-state index contributed by atoms with van der Waals surface area (Å²) in [6.07, 6.45) is 13.4. The van der Waals surface area contributed by atoms with Gasteiger partial charge < -0.3 is 14.9 Å². The molecule has 0 aliphatic heterocycles. The number of esters is 1. The van der Waals surface area contributed by atoms with Gasteiger partial charge in [-0.2, -0.15) is 0 Å². The van der Waals surface area contributed by atoms with E-state index in [1.165, 1.54) is 38.2 Å². The largest absolute Gasteiger partial charge is 0.462 e. The summed E-state index contributed by atoms with van der Waals surface area (Å²) in [4.78, 5) is 12.0. The van der Waals surface area contributed by atoms with Gasteiger partial charge in [0.1, 0.15) is 6.10 Å². The summed E-state index contributed by atoms with van der Waals surface area (Å²) in [6.45, 7) is 15.1. The smallest absolute Gasteiger partial charge is 0.302 e. The average Bonchev–Trinajstić information content (AvgIpc) is 3.00. The molecule has 0 heterocycles. The van der Waals surface area contributed by atoms with Gasteiger partial charge in [-0.05, 0) is 60.8 Å². The van der Waals surface area contributed by atoms with Crippen LogP contribution in [-0.2, 0) is 9.53 Å². The maximum Gasteiger partial charge on any atom is 0.302 e. The number of allylic oxidation sites excluding steroid dienone is 3. The molecular formula is C29H46O4. The normalized spacial score (nSPS) is 35.2. The Kier molecular flexibility index (Phi) is 8.32. The molecular weight excluding hydrogens is 412 g/mol. The van der Waals surface area contributed by atoms with E-state index in [1.807, 2.05) is 6.08 Å². The van der Waals surface area contributed by atoms with E-state index in [-0.39, 0.29) is 29.8 Å².